The van der Waals surface area contributed by atoms with Gasteiger partial charge < -0.3 is 0 Å². The minimum absolute atomic E-state index is 0. The number of unbranched alkanes of at least 4 members (excludes halogenated alkanes) is 5. The molecule has 0 fully saturated rings. The summed E-state index contributed by atoms with van der Waals surface area (Å²) in [6.45, 7) is 2.87. The first-order chi connectivity index (χ1) is 5.41. The van der Waals surface area contributed by atoms with Crippen LogP contribution in [0.25, 0.3) is 0 Å². The van der Waals surface area contributed by atoms with Gasteiger partial charge in [0.1, 0.15) is 6.61 Å². The monoisotopic (exact) mass is 319 g/mol. The van der Waals surface area contributed by atoms with E-state index in [9.17, 15) is 4.57 Å². The zero-order valence-corrected chi connectivity index (χ0v) is 12.0. The molecule has 0 aromatic carbocycles. The van der Waals surface area contributed by atoms with Gasteiger partial charge in [0.2, 0.25) is 0 Å². The van der Waals surface area contributed by atoms with Crippen LogP contribution in [0.1, 0.15) is 45.4 Å². The summed E-state index contributed by atoms with van der Waals surface area (Å²) in [4.78, 5) is 0. The summed E-state index contributed by atoms with van der Waals surface area (Å²) >= 11 is 0. The van der Waals surface area contributed by atoms with Crippen molar-refractivity contribution >= 4 is 8.69 Å². The van der Waals surface area contributed by atoms with E-state index in [0.29, 0.717) is 6.61 Å². The van der Waals surface area contributed by atoms with Gasteiger partial charge in [0.25, 0.3) is 0 Å². The maximum absolute atomic E-state index is 9.87. The normalized spacial score (nSPS) is 9.75. The van der Waals surface area contributed by atoms with Gasteiger partial charge in [0, 0.05) is 40.8 Å². The van der Waals surface area contributed by atoms with Crippen LogP contribution in [0, 0.1) is 40.8 Å². The molecule has 0 N–H and O–H groups in total. The predicted molar refractivity (Wildman–Crippen MR) is 48.3 cm³/mol. The van der Waals surface area contributed by atoms with E-state index in [1.807, 2.05) is 0 Å². The van der Waals surface area contributed by atoms with Gasteiger partial charge in [-0.2, -0.15) is 0 Å². The van der Waals surface area contributed by atoms with E-state index in [1.165, 1.54) is 32.1 Å². The number of hydrogen-bond donors (Lipinski definition) is 0. The summed E-state index contributed by atoms with van der Waals surface area (Å²) in [5.74, 6) is 0. The molecular weight excluding hydrogens is 303 g/mol. The van der Waals surface area contributed by atoms with Crippen molar-refractivity contribution in [2.45, 2.75) is 45.4 Å². The first-order valence-corrected chi connectivity index (χ1v) is 5.22. The van der Waals surface area contributed by atoms with Crippen molar-refractivity contribution in [3.63, 3.8) is 0 Å². The summed E-state index contributed by atoms with van der Waals surface area (Å²) in [6, 6.07) is 0. The first kappa shape index (κ1) is 15.9. The molecule has 2 nitrogen and oxygen atoms in total. The molecule has 1 unspecified atom stereocenters. The molecule has 0 aromatic rings. The van der Waals surface area contributed by atoms with Gasteiger partial charge in [0.05, 0.1) is 0 Å². The van der Waals surface area contributed by atoms with E-state index in [0.717, 1.165) is 6.42 Å². The fourth-order valence-corrected chi connectivity index (χ4v) is 1.22. The minimum Gasteiger partial charge on any atom is -0.148 e. The van der Waals surface area contributed by atoms with Crippen LogP contribution >= 0.6 is 8.69 Å². The second kappa shape index (κ2) is 14.9. The van der Waals surface area contributed by atoms with Gasteiger partial charge in [-0.3, -0.25) is 0 Å². The van der Waals surface area contributed by atoms with Gasteiger partial charge in [-0.25, -0.2) is 0 Å². The summed E-state index contributed by atoms with van der Waals surface area (Å²) in [6.07, 6.45) is 7.52. The van der Waals surface area contributed by atoms with E-state index < -0.39 is 8.69 Å². The van der Waals surface area contributed by atoms with E-state index in [1.54, 1.807) is 0 Å². The smallest absolute Gasteiger partial charge is 0.148 e. The van der Waals surface area contributed by atoms with E-state index in [-0.39, 0.29) is 40.8 Å². The largest absolute Gasteiger partial charge is 0.494 e. The molecule has 12 heavy (non-hydrogen) atoms. The molecule has 0 radical (unpaired) electrons. The standard InChI is InChI=1S/C8H18O2P.Nd/c1-2-3-4-5-6-7-8-10-11-9;/h11H,2-8H2,1H3;/q+1;. The topological polar surface area (TPSA) is 26.3 Å². The van der Waals surface area contributed by atoms with Crippen molar-refractivity contribution in [2.24, 2.45) is 0 Å². The summed E-state index contributed by atoms with van der Waals surface area (Å²) in [7, 11) is -0.580. The van der Waals surface area contributed by atoms with Crippen LogP contribution in [0.4, 0.5) is 0 Å². The van der Waals surface area contributed by atoms with Gasteiger partial charge >= 0.3 is 8.69 Å². The molecule has 0 saturated carbocycles. The molecule has 70 valence electrons. The van der Waals surface area contributed by atoms with Crippen molar-refractivity contribution in [3.05, 3.63) is 0 Å². The molecule has 0 saturated heterocycles. The van der Waals surface area contributed by atoms with Crippen molar-refractivity contribution in [3.8, 4) is 0 Å². The Kier molecular flexibility index (Phi) is 19.7. The predicted octanol–water partition coefficient (Wildman–Crippen LogP) is 3.30. The third kappa shape index (κ3) is 14.0. The Hall–Kier alpha value is 1.41. The Morgan fingerprint density at radius 2 is 1.67 bits per heavy atom. The Bertz CT molecular complexity index is 91.1. The summed E-state index contributed by atoms with van der Waals surface area (Å²) in [5.41, 5.74) is 0. The van der Waals surface area contributed by atoms with E-state index >= 15 is 0 Å². The summed E-state index contributed by atoms with van der Waals surface area (Å²) in [5, 5.41) is 0. The fraction of sp³-hybridized carbons (Fsp3) is 1.00. The van der Waals surface area contributed by atoms with Crippen molar-refractivity contribution in [1.82, 2.24) is 0 Å². The van der Waals surface area contributed by atoms with Crippen LogP contribution in [0.2, 0.25) is 0 Å². The molecule has 0 heterocycles. The van der Waals surface area contributed by atoms with Crippen LogP contribution in [0.3, 0.4) is 0 Å². The minimum atomic E-state index is -0.580. The number of hydrogen-bond acceptors (Lipinski definition) is 2. The van der Waals surface area contributed by atoms with E-state index in [4.69, 9.17) is 4.52 Å². The fourth-order valence-electron chi connectivity index (χ4n) is 0.996. The average molecular weight is 321 g/mol. The Labute approximate surface area is 110 Å². The van der Waals surface area contributed by atoms with Crippen molar-refractivity contribution in [1.29, 1.82) is 0 Å². The Morgan fingerprint density at radius 3 is 2.25 bits per heavy atom. The van der Waals surface area contributed by atoms with E-state index in [2.05, 4.69) is 6.92 Å². The second-order valence-corrected chi connectivity index (χ2v) is 3.15. The van der Waals surface area contributed by atoms with Gasteiger partial charge in [-0.05, 0) is 11.0 Å². The van der Waals surface area contributed by atoms with Crippen LogP contribution < -0.4 is 0 Å². The van der Waals surface area contributed by atoms with Gasteiger partial charge in [-0.1, -0.05) is 39.0 Å². The summed E-state index contributed by atoms with van der Waals surface area (Å²) < 4.78 is 14.6. The maximum Gasteiger partial charge on any atom is 0.494 e. The average Bonchev–Trinajstić information content (AvgIpc) is 2.03. The van der Waals surface area contributed by atoms with Crippen LogP contribution in [-0.2, 0) is 9.09 Å². The number of rotatable bonds is 8. The molecule has 0 aliphatic rings. The SMILES string of the molecule is CCCCCCCCO[PH+]=O.[Nd]. The molecule has 0 aromatic heterocycles. The molecule has 0 aliphatic carbocycles. The maximum atomic E-state index is 9.87. The van der Waals surface area contributed by atoms with Gasteiger partial charge in [-0.15, -0.1) is 4.52 Å². The molecule has 0 spiro atoms. The molecule has 0 bridgehead atoms. The third-order valence-electron chi connectivity index (χ3n) is 1.66. The second-order valence-electron chi connectivity index (χ2n) is 2.70. The van der Waals surface area contributed by atoms with Crippen molar-refractivity contribution < 1.29 is 49.9 Å². The molecular formula is C8H18NdO2P+. The molecule has 0 amide bonds. The van der Waals surface area contributed by atoms with Gasteiger partial charge in [0.15, 0.2) is 0 Å². The first-order valence-electron chi connectivity index (χ1n) is 4.40. The Morgan fingerprint density at radius 1 is 1.08 bits per heavy atom. The Balaban J connectivity index is 0. The van der Waals surface area contributed by atoms with Crippen LogP contribution in [0.5, 0.6) is 0 Å². The quantitative estimate of drug-likeness (QED) is 0.506. The van der Waals surface area contributed by atoms with Crippen molar-refractivity contribution in [2.75, 3.05) is 6.61 Å². The molecule has 0 aliphatic heterocycles. The third-order valence-corrected chi connectivity index (χ3v) is 1.98. The van der Waals surface area contributed by atoms with Crippen LogP contribution in [0.15, 0.2) is 0 Å². The molecule has 0 rings (SSSR count). The molecule has 1 atom stereocenters. The molecule has 4 heteroatoms. The van der Waals surface area contributed by atoms with Crippen LogP contribution in [-0.4, -0.2) is 6.61 Å². The zero-order valence-electron chi connectivity index (χ0n) is 7.77. The zero-order chi connectivity index (χ0) is 8.36.